The molecule has 0 radical (unpaired) electrons. The average Bonchev–Trinajstić information content (AvgIpc) is 2.66. The Morgan fingerprint density at radius 1 is 1.06 bits per heavy atom. The van der Waals surface area contributed by atoms with Crippen molar-refractivity contribution in [2.75, 3.05) is 0 Å². The molecule has 1 N–H and O–H groups in total. The summed E-state index contributed by atoms with van der Waals surface area (Å²) in [5.74, 6) is 1.94. The molecule has 2 unspecified atom stereocenters. The van der Waals surface area contributed by atoms with Crippen LogP contribution in [0.5, 0.6) is 5.75 Å². The number of allylic oxidation sites excluding steroid dienone is 2. The van der Waals surface area contributed by atoms with Gasteiger partial charge in [0.25, 0.3) is 0 Å². The van der Waals surface area contributed by atoms with E-state index in [2.05, 4.69) is 15.9 Å². The molecule has 1 saturated carbocycles. The third-order valence-electron chi connectivity index (χ3n) is 4.19. The van der Waals surface area contributed by atoms with Gasteiger partial charge in [0.2, 0.25) is 0 Å². The van der Waals surface area contributed by atoms with E-state index >= 15 is 0 Å². The Kier molecular flexibility index (Phi) is 2.99. The summed E-state index contributed by atoms with van der Waals surface area (Å²) in [6.45, 7) is 0. The van der Waals surface area contributed by atoms with Crippen LogP contribution in [0.15, 0.2) is 28.7 Å². The van der Waals surface area contributed by atoms with Crippen LogP contribution in [0.2, 0.25) is 0 Å². The van der Waals surface area contributed by atoms with E-state index in [-0.39, 0.29) is 0 Å². The summed E-state index contributed by atoms with van der Waals surface area (Å²) in [6.07, 6.45) is 6.67. The number of rotatable bonds is 1. The quantitative estimate of drug-likeness (QED) is 0.795. The second-order valence-electron chi connectivity index (χ2n) is 5.22. The molecule has 1 aromatic carbocycles. The Morgan fingerprint density at radius 2 is 1.76 bits per heavy atom. The van der Waals surface area contributed by atoms with E-state index < -0.39 is 0 Å². The summed E-state index contributed by atoms with van der Waals surface area (Å²) in [5, 5.41) is 9.37. The fourth-order valence-electron chi connectivity index (χ4n) is 3.39. The Bertz CT molecular complexity index is 446. The first kappa shape index (κ1) is 11.3. The van der Waals surface area contributed by atoms with Crippen molar-refractivity contribution >= 4 is 21.5 Å². The SMILES string of the molecule is Oc1ccc(C2=C(Br)CC3CCCCC23)cc1. The van der Waals surface area contributed by atoms with Crippen LogP contribution in [0.3, 0.4) is 0 Å². The van der Waals surface area contributed by atoms with Gasteiger partial charge in [-0.3, -0.25) is 0 Å². The van der Waals surface area contributed by atoms with Gasteiger partial charge in [-0.25, -0.2) is 0 Å². The number of phenolic OH excluding ortho intramolecular Hbond substituents is 1. The fraction of sp³-hybridized carbons (Fsp3) is 0.467. The van der Waals surface area contributed by atoms with Gasteiger partial charge in [0.1, 0.15) is 5.75 Å². The molecule has 1 aromatic rings. The van der Waals surface area contributed by atoms with Gasteiger partial charge in [-0.1, -0.05) is 40.9 Å². The highest BCUT2D eigenvalue weighted by Gasteiger charge is 2.35. The highest BCUT2D eigenvalue weighted by Crippen LogP contribution is 2.51. The molecule has 2 aliphatic rings. The van der Waals surface area contributed by atoms with E-state index in [0.29, 0.717) is 5.75 Å². The van der Waals surface area contributed by atoms with Gasteiger partial charge in [0, 0.05) is 0 Å². The van der Waals surface area contributed by atoms with Crippen LogP contribution in [0.1, 0.15) is 37.7 Å². The van der Waals surface area contributed by atoms with Gasteiger partial charge in [0.05, 0.1) is 0 Å². The predicted molar refractivity (Wildman–Crippen MR) is 74.0 cm³/mol. The van der Waals surface area contributed by atoms with Gasteiger partial charge in [-0.05, 0) is 58.8 Å². The van der Waals surface area contributed by atoms with Gasteiger partial charge >= 0.3 is 0 Å². The number of hydrogen-bond donors (Lipinski definition) is 1. The largest absolute Gasteiger partial charge is 0.508 e. The maximum Gasteiger partial charge on any atom is 0.115 e. The summed E-state index contributed by atoms with van der Waals surface area (Å²) in [5.41, 5.74) is 2.78. The first-order valence-electron chi connectivity index (χ1n) is 6.43. The van der Waals surface area contributed by atoms with E-state index in [4.69, 9.17) is 0 Å². The van der Waals surface area contributed by atoms with Crippen LogP contribution in [-0.4, -0.2) is 5.11 Å². The van der Waals surface area contributed by atoms with Crippen LogP contribution in [0.4, 0.5) is 0 Å². The van der Waals surface area contributed by atoms with Crippen LogP contribution in [0.25, 0.3) is 5.57 Å². The number of phenols is 1. The first-order chi connectivity index (χ1) is 8.25. The smallest absolute Gasteiger partial charge is 0.115 e. The third kappa shape index (κ3) is 2.03. The van der Waals surface area contributed by atoms with Gasteiger partial charge in [-0.15, -0.1) is 0 Å². The molecule has 17 heavy (non-hydrogen) atoms. The summed E-state index contributed by atoms with van der Waals surface area (Å²) < 4.78 is 1.39. The van der Waals surface area contributed by atoms with Crippen LogP contribution < -0.4 is 0 Å². The minimum absolute atomic E-state index is 0.351. The second kappa shape index (κ2) is 4.49. The van der Waals surface area contributed by atoms with Crippen molar-refractivity contribution < 1.29 is 5.11 Å². The highest BCUT2D eigenvalue weighted by molar-refractivity contribution is 9.11. The Balaban J connectivity index is 1.95. The summed E-state index contributed by atoms with van der Waals surface area (Å²) >= 11 is 3.77. The molecule has 1 nitrogen and oxygen atoms in total. The number of aromatic hydroxyl groups is 1. The van der Waals surface area contributed by atoms with Crippen molar-refractivity contribution in [2.45, 2.75) is 32.1 Å². The maximum absolute atomic E-state index is 9.37. The van der Waals surface area contributed by atoms with Crippen LogP contribution in [0, 0.1) is 11.8 Å². The van der Waals surface area contributed by atoms with Crippen molar-refractivity contribution in [2.24, 2.45) is 11.8 Å². The standard InChI is InChI=1S/C15H17BrO/c16-14-9-11-3-1-2-4-13(11)15(14)10-5-7-12(17)8-6-10/h5-8,11,13,17H,1-4,9H2. The average molecular weight is 293 g/mol. The molecule has 90 valence electrons. The summed E-state index contributed by atoms with van der Waals surface area (Å²) in [7, 11) is 0. The molecule has 3 rings (SSSR count). The molecule has 1 fully saturated rings. The highest BCUT2D eigenvalue weighted by atomic mass is 79.9. The maximum atomic E-state index is 9.37. The van der Waals surface area contributed by atoms with Crippen LogP contribution in [-0.2, 0) is 0 Å². The first-order valence-corrected chi connectivity index (χ1v) is 7.23. The lowest BCUT2D eigenvalue weighted by atomic mass is 9.77. The Morgan fingerprint density at radius 3 is 2.53 bits per heavy atom. The molecule has 2 aliphatic carbocycles. The zero-order valence-corrected chi connectivity index (χ0v) is 11.4. The number of halogens is 1. The number of hydrogen-bond acceptors (Lipinski definition) is 1. The minimum Gasteiger partial charge on any atom is -0.508 e. The van der Waals surface area contributed by atoms with E-state index in [1.54, 1.807) is 12.1 Å². The fourth-order valence-corrected chi connectivity index (χ4v) is 4.32. The van der Waals surface area contributed by atoms with Crippen molar-refractivity contribution in [1.82, 2.24) is 0 Å². The molecule has 0 aliphatic heterocycles. The van der Waals surface area contributed by atoms with E-state index in [0.717, 1.165) is 11.8 Å². The molecule has 0 amide bonds. The lowest BCUT2D eigenvalue weighted by Crippen LogP contribution is -2.15. The molecule has 0 heterocycles. The van der Waals surface area contributed by atoms with E-state index in [1.165, 1.54) is 47.7 Å². The zero-order chi connectivity index (χ0) is 11.8. The Hall–Kier alpha value is -0.760. The summed E-state index contributed by atoms with van der Waals surface area (Å²) in [4.78, 5) is 0. The zero-order valence-electron chi connectivity index (χ0n) is 9.82. The second-order valence-corrected chi connectivity index (χ2v) is 6.18. The molecule has 0 bridgehead atoms. The molecule has 0 spiro atoms. The van der Waals surface area contributed by atoms with Crippen molar-refractivity contribution in [3.8, 4) is 5.75 Å². The third-order valence-corrected chi connectivity index (χ3v) is 4.94. The monoisotopic (exact) mass is 292 g/mol. The number of benzene rings is 1. The topological polar surface area (TPSA) is 20.2 Å². The molecule has 2 heteroatoms. The normalized spacial score (nSPS) is 28.3. The number of fused-ring (bicyclic) bond motifs is 1. The molecular weight excluding hydrogens is 276 g/mol. The predicted octanol–water partition coefficient (Wildman–Crippen LogP) is 4.71. The van der Waals surface area contributed by atoms with Crippen molar-refractivity contribution in [3.63, 3.8) is 0 Å². The van der Waals surface area contributed by atoms with Crippen LogP contribution >= 0.6 is 15.9 Å². The lowest BCUT2D eigenvalue weighted by Gasteiger charge is -2.27. The Labute approximate surface area is 111 Å². The van der Waals surface area contributed by atoms with E-state index in [1.807, 2.05) is 12.1 Å². The van der Waals surface area contributed by atoms with Gasteiger partial charge in [-0.2, -0.15) is 0 Å². The molecule has 0 saturated heterocycles. The molecule has 2 atom stereocenters. The molecule has 0 aromatic heterocycles. The summed E-state index contributed by atoms with van der Waals surface area (Å²) in [6, 6.07) is 7.67. The molecular formula is C15H17BrO. The lowest BCUT2D eigenvalue weighted by molar-refractivity contribution is 0.310. The van der Waals surface area contributed by atoms with Gasteiger partial charge < -0.3 is 5.11 Å². The minimum atomic E-state index is 0.351. The van der Waals surface area contributed by atoms with Crippen molar-refractivity contribution in [1.29, 1.82) is 0 Å². The van der Waals surface area contributed by atoms with E-state index in [9.17, 15) is 5.11 Å². The van der Waals surface area contributed by atoms with Crippen molar-refractivity contribution in [3.05, 3.63) is 34.3 Å². The van der Waals surface area contributed by atoms with Gasteiger partial charge in [0.15, 0.2) is 0 Å².